The molecule has 0 spiro atoms. The second kappa shape index (κ2) is 4.06. The number of rotatable bonds is 3. The molecule has 6 heteroatoms. The number of nitrogens with zero attached hydrogens (tertiary/aromatic N) is 3. The molecule has 0 bridgehead atoms. The lowest BCUT2D eigenvalue weighted by Crippen LogP contribution is -2.00. The SMILES string of the molecule is Clc1cnnc(NCc2cn[nH]c2)c1. The van der Waals surface area contributed by atoms with Crippen LogP contribution >= 0.6 is 11.6 Å². The van der Waals surface area contributed by atoms with Crippen LogP contribution in [-0.4, -0.2) is 20.4 Å². The van der Waals surface area contributed by atoms with Crippen molar-refractivity contribution in [3.05, 3.63) is 35.2 Å². The Kier molecular flexibility index (Phi) is 2.60. The summed E-state index contributed by atoms with van der Waals surface area (Å²) in [6, 6.07) is 1.72. The third-order valence-electron chi connectivity index (χ3n) is 1.65. The second-order valence-corrected chi connectivity index (χ2v) is 3.16. The highest BCUT2D eigenvalue weighted by Gasteiger charge is 1.97. The maximum absolute atomic E-state index is 5.74. The van der Waals surface area contributed by atoms with Gasteiger partial charge in [0.1, 0.15) is 5.82 Å². The average Bonchev–Trinajstić information content (AvgIpc) is 2.67. The monoisotopic (exact) mass is 209 g/mol. The van der Waals surface area contributed by atoms with Crippen LogP contribution in [0.1, 0.15) is 5.56 Å². The third kappa shape index (κ3) is 2.20. The number of aromatic nitrogens is 4. The summed E-state index contributed by atoms with van der Waals surface area (Å²) in [5.74, 6) is 0.652. The second-order valence-electron chi connectivity index (χ2n) is 2.72. The number of hydrogen-bond acceptors (Lipinski definition) is 4. The van der Waals surface area contributed by atoms with E-state index in [2.05, 4.69) is 25.7 Å². The van der Waals surface area contributed by atoms with E-state index >= 15 is 0 Å². The molecule has 2 aromatic rings. The highest BCUT2D eigenvalue weighted by atomic mass is 35.5. The van der Waals surface area contributed by atoms with Gasteiger partial charge in [-0.15, -0.1) is 5.10 Å². The molecule has 0 saturated carbocycles. The zero-order chi connectivity index (χ0) is 9.80. The molecule has 0 atom stereocenters. The van der Waals surface area contributed by atoms with Crippen LogP contribution in [0.5, 0.6) is 0 Å². The Morgan fingerprint density at radius 3 is 3.07 bits per heavy atom. The number of nitrogens with one attached hydrogen (secondary N) is 2. The summed E-state index contributed by atoms with van der Waals surface area (Å²) in [4.78, 5) is 0. The first kappa shape index (κ1) is 8.96. The van der Waals surface area contributed by atoms with E-state index in [1.54, 1.807) is 12.3 Å². The molecule has 0 aliphatic carbocycles. The predicted octanol–water partition coefficient (Wildman–Crippen LogP) is 1.47. The topological polar surface area (TPSA) is 66.5 Å². The molecule has 5 nitrogen and oxygen atoms in total. The molecule has 2 aromatic heterocycles. The van der Waals surface area contributed by atoms with Crippen LogP contribution in [0.25, 0.3) is 0 Å². The smallest absolute Gasteiger partial charge is 0.150 e. The Balaban J connectivity index is 1.98. The first-order valence-electron chi connectivity index (χ1n) is 4.04. The summed E-state index contributed by atoms with van der Waals surface area (Å²) >= 11 is 5.74. The quantitative estimate of drug-likeness (QED) is 0.804. The summed E-state index contributed by atoms with van der Waals surface area (Å²) in [6.07, 6.45) is 5.04. The van der Waals surface area contributed by atoms with Gasteiger partial charge in [-0.25, -0.2) is 0 Å². The van der Waals surface area contributed by atoms with Crippen LogP contribution in [0.2, 0.25) is 5.02 Å². The molecule has 0 aliphatic heterocycles. The van der Waals surface area contributed by atoms with Crippen molar-refractivity contribution < 1.29 is 0 Å². The third-order valence-corrected chi connectivity index (χ3v) is 1.86. The maximum Gasteiger partial charge on any atom is 0.150 e. The number of halogens is 1. The molecular formula is C8H8ClN5. The molecule has 2 rings (SSSR count). The summed E-state index contributed by atoms with van der Waals surface area (Å²) < 4.78 is 0. The van der Waals surface area contributed by atoms with Crippen LogP contribution in [0, 0.1) is 0 Å². The van der Waals surface area contributed by atoms with E-state index in [0.717, 1.165) is 5.56 Å². The van der Waals surface area contributed by atoms with E-state index in [1.807, 2.05) is 6.20 Å². The number of aromatic amines is 1. The first-order valence-corrected chi connectivity index (χ1v) is 4.42. The van der Waals surface area contributed by atoms with E-state index in [9.17, 15) is 0 Å². The molecule has 0 aromatic carbocycles. The van der Waals surface area contributed by atoms with Crippen molar-refractivity contribution in [2.75, 3.05) is 5.32 Å². The number of hydrogen-bond donors (Lipinski definition) is 2. The Bertz CT molecular complexity index is 400. The van der Waals surface area contributed by atoms with Gasteiger partial charge in [0, 0.05) is 24.4 Å². The van der Waals surface area contributed by atoms with Gasteiger partial charge in [-0.1, -0.05) is 11.6 Å². The summed E-state index contributed by atoms with van der Waals surface area (Å²) in [7, 11) is 0. The van der Waals surface area contributed by atoms with Crippen LogP contribution in [0.15, 0.2) is 24.7 Å². The fraction of sp³-hybridized carbons (Fsp3) is 0.125. The van der Waals surface area contributed by atoms with E-state index in [1.165, 1.54) is 6.20 Å². The predicted molar refractivity (Wildman–Crippen MR) is 53.0 cm³/mol. The molecule has 0 radical (unpaired) electrons. The van der Waals surface area contributed by atoms with Crippen molar-refractivity contribution in [2.24, 2.45) is 0 Å². The van der Waals surface area contributed by atoms with E-state index in [-0.39, 0.29) is 0 Å². The Hall–Kier alpha value is -1.62. The number of H-pyrrole nitrogens is 1. The minimum atomic E-state index is 0.565. The molecule has 0 fully saturated rings. The highest BCUT2D eigenvalue weighted by molar-refractivity contribution is 6.30. The lowest BCUT2D eigenvalue weighted by molar-refractivity contribution is 1.00. The van der Waals surface area contributed by atoms with Gasteiger partial charge in [0.2, 0.25) is 0 Å². The highest BCUT2D eigenvalue weighted by Crippen LogP contribution is 2.10. The summed E-state index contributed by atoms with van der Waals surface area (Å²) in [5, 5.41) is 17.8. The van der Waals surface area contributed by atoms with Crippen molar-refractivity contribution in [3.8, 4) is 0 Å². The zero-order valence-electron chi connectivity index (χ0n) is 7.24. The van der Waals surface area contributed by atoms with Gasteiger partial charge in [0.15, 0.2) is 0 Å². The standard InChI is InChI=1S/C8H8ClN5/c9-7-1-8(14-13-5-7)10-2-6-3-11-12-4-6/h1,3-5H,2H2,(H,10,14)(H,11,12). The number of anilines is 1. The van der Waals surface area contributed by atoms with E-state index in [4.69, 9.17) is 11.6 Å². The van der Waals surface area contributed by atoms with Crippen LogP contribution in [0.4, 0.5) is 5.82 Å². The molecule has 0 aliphatic rings. The van der Waals surface area contributed by atoms with Gasteiger partial charge in [0.25, 0.3) is 0 Å². The lowest BCUT2D eigenvalue weighted by atomic mass is 10.3. The van der Waals surface area contributed by atoms with E-state index in [0.29, 0.717) is 17.4 Å². The summed E-state index contributed by atoms with van der Waals surface area (Å²) in [5.41, 5.74) is 1.05. The largest absolute Gasteiger partial charge is 0.364 e. The Morgan fingerprint density at radius 1 is 1.43 bits per heavy atom. The lowest BCUT2D eigenvalue weighted by Gasteiger charge is -2.01. The van der Waals surface area contributed by atoms with E-state index < -0.39 is 0 Å². The molecule has 2 N–H and O–H groups in total. The van der Waals surface area contributed by atoms with Gasteiger partial charge in [-0.05, 0) is 0 Å². The van der Waals surface area contributed by atoms with Crippen LogP contribution < -0.4 is 5.32 Å². The van der Waals surface area contributed by atoms with Gasteiger partial charge in [-0.3, -0.25) is 5.10 Å². The van der Waals surface area contributed by atoms with Crippen molar-refractivity contribution in [2.45, 2.75) is 6.54 Å². The Labute approximate surface area is 85.5 Å². The van der Waals surface area contributed by atoms with Gasteiger partial charge in [0.05, 0.1) is 17.4 Å². The fourth-order valence-electron chi connectivity index (χ4n) is 0.996. The molecule has 0 saturated heterocycles. The van der Waals surface area contributed by atoms with Gasteiger partial charge >= 0.3 is 0 Å². The van der Waals surface area contributed by atoms with Crippen molar-refractivity contribution in [1.29, 1.82) is 0 Å². The minimum Gasteiger partial charge on any atom is -0.364 e. The molecule has 2 heterocycles. The molecule has 14 heavy (non-hydrogen) atoms. The van der Waals surface area contributed by atoms with Crippen molar-refractivity contribution in [1.82, 2.24) is 20.4 Å². The van der Waals surface area contributed by atoms with Crippen molar-refractivity contribution in [3.63, 3.8) is 0 Å². The van der Waals surface area contributed by atoms with Gasteiger partial charge < -0.3 is 5.32 Å². The first-order chi connectivity index (χ1) is 6.84. The molecule has 0 amide bonds. The van der Waals surface area contributed by atoms with Crippen molar-refractivity contribution >= 4 is 17.4 Å². The maximum atomic E-state index is 5.74. The van der Waals surface area contributed by atoms with Crippen LogP contribution in [-0.2, 0) is 6.54 Å². The van der Waals surface area contributed by atoms with Crippen LogP contribution in [0.3, 0.4) is 0 Å². The minimum absolute atomic E-state index is 0.565. The Morgan fingerprint density at radius 2 is 2.36 bits per heavy atom. The van der Waals surface area contributed by atoms with Gasteiger partial charge in [-0.2, -0.15) is 10.2 Å². The normalized spacial score (nSPS) is 10.1. The fourth-order valence-corrected chi connectivity index (χ4v) is 1.14. The molecular weight excluding hydrogens is 202 g/mol. The zero-order valence-corrected chi connectivity index (χ0v) is 7.99. The molecule has 0 unspecified atom stereocenters. The average molecular weight is 210 g/mol. The summed E-state index contributed by atoms with van der Waals surface area (Å²) in [6.45, 7) is 0.644. The molecule has 72 valence electrons.